The van der Waals surface area contributed by atoms with E-state index in [1.165, 1.54) is 18.4 Å². The second kappa shape index (κ2) is 6.00. The molecule has 0 spiro atoms. The number of rotatable bonds is 5. The molecule has 0 bridgehead atoms. The molecular formula is C14H24N2. The first-order valence-corrected chi connectivity index (χ1v) is 6.24. The number of nitrogens with zero attached hydrogens (tertiary/aromatic N) is 1. The maximum Gasteiger partial charge on any atom is 0.0423 e. The van der Waals surface area contributed by atoms with Gasteiger partial charge < -0.3 is 5.73 Å². The Labute approximate surface area is 99.3 Å². The van der Waals surface area contributed by atoms with E-state index in [2.05, 4.69) is 24.9 Å². The first kappa shape index (κ1) is 13.2. The van der Waals surface area contributed by atoms with Gasteiger partial charge in [0.2, 0.25) is 0 Å². The molecule has 0 radical (unpaired) electrons. The van der Waals surface area contributed by atoms with Gasteiger partial charge in [-0.05, 0) is 37.8 Å². The van der Waals surface area contributed by atoms with Crippen molar-refractivity contribution in [3.8, 4) is 0 Å². The first-order valence-electron chi connectivity index (χ1n) is 6.24. The van der Waals surface area contributed by atoms with E-state index in [1.807, 2.05) is 19.9 Å². The van der Waals surface area contributed by atoms with Crippen LogP contribution in [0.2, 0.25) is 0 Å². The Morgan fingerprint density at radius 1 is 1.31 bits per heavy atom. The number of pyridine rings is 1. The number of aryl methyl sites for hydroxylation is 2. The van der Waals surface area contributed by atoms with Crippen LogP contribution in [-0.2, 0) is 0 Å². The maximum atomic E-state index is 6.24. The van der Waals surface area contributed by atoms with Gasteiger partial charge in [0.1, 0.15) is 0 Å². The van der Waals surface area contributed by atoms with Gasteiger partial charge in [-0.25, -0.2) is 0 Å². The molecule has 16 heavy (non-hydrogen) atoms. The summed E-state index contributed by atoms with van der Waals surface area (Å²) in [5.74, 6) is 0.695. The van der Waals surface area contributed by atoms with E-state index >= 15 is 0 Å². The van der Waals surface area contributed by atoms with E-state index in [0.717, 1.165) is 17.8 Å². The molecule has 0 aliphatic carbocycles. The summed E-state index contributed by atoms with van der Waals surface area (Å²) < 4.78 is 0. The Kier molecular flexibility index (Phi) is 4.94. The smallest absolute Gasteiger partial charge is 0.0423 e. The number of hydrogen-bond acceptors (Lipinski definition) is 2. The van der Waals surface area contributed by atoms with Gasteiger partial charge in [0.15, 0.2) is 0 Å². The minimum Gasteiger partial charge on any atom is -0.324 e. The molecule has 1 aromatic rings. The van der Waals surface area contributed by atoms with Crippen LogP contribution in [0.3, 0.4) is 0 Å². The fourth-order valence-electron chi connectivity index (χ4n) is 2.26. The van der Waals surface area contributed by atoms with Crippen LogP contribution in [0.1, 0.15) is 56.1 Å². The SMILES string of the molecule is CCCC(C)CC(N)c1ccc(C)nc1C. The van der Waals surface area contributed by atoms with E-state index in [1.54, 1.807) is 0 Å². The summed E-state index contributed by atoms with van der Waals surface area (Å²) in [6.07, 6.45) is 3.55. The van der Waals surface area contributed by atoms with Gasteiger partial charge >= 0.3 is 0 Å². The van der Waals surface area contributed by atoms with Crippen LogP contribution in [0, 0.1) is 19.8 Å². The summed E-state index contributed by atoms with van der Waals surface area (Å²) in [5, 5.41) is 0. The quantitative estimate of drug-likeness (QED) is 0.824. The topological polar surface area (TPSA) is 38.9 Å². The zero-order chi connectivity index (χ0) is 12.1. The summed E-state index contributed by atoms with van der Waals surface area (Å²) in [5.41, 5.74) is 9.58. The van der Waals surface area contributed by atoms with E-state index in [4.69, 9.17) is 5.73 Å². The van der Waals surface area contributed by atoms with Gasteiger partial charge in [0.05, 0.1) is 0 Å². The number of aromatic nitrogens is 1. The third-order valence-electron chi connectivity index (χ3n) is 3.10. The average molecular weight is 220 g/mol. The number of hydrogen-bond donors (Lipinski definition) is 1. The van der Waals surface area contributed by atoms with Crippen LogP contribution in [0.4, 0.5) is 0 Å². The van der Waals surface area contributed by atoms with Crippen molar-refractivity contribution < 1.29 is 0 Å². The van der Waals surface area contributed by atoms with Crippen LogP contribution in [-0.4, -0.2) is 4.98 Å². The zero-order valence-electron chi connectivity index (χ0n) is 11.0. The lowest BCUT2D eigenvalue weighted by Gasteiger charge is -2.18. The number of nitrogens with two attached hydrogens (primary N) is 1. The Morgan fingerprint density at radius 2 is 2.00 bits per heavy atom. The van der Waals surface area contributed by atoms with E-state index in [-0.39, 0.29) is 6.04 Å². The van der Waals surface area contributed by atoms with Gasteiger partial charge in [-0.3, -0.25) is 4.98 Å². The predicted octanol–water partition coefficient (Wildman–Crippen LogP) is 3.52. The summed E-state index contributed by atoms with van der Waals surface area (Å²) in [4.78, 5) is 4.47. The standard InChI is InChI=1S/C14H24N2/c1-5-6-10(2)9-14(15)13-8-7-11(3)16-12(13)4/h7-8,10,14H,5-6,9,15H2,1-4H3. The minimum atomic E-state index is 0.134. The lowest BCUT2D eigenvalue weighted by molar-refractivity contribution is 0.439. The van der Waals surface area contributed by atoms with Crippen LogP contribution in [0.25, 0.3) is 0 Å². The molecule has 90 valence electrons. The van der Waals surface area contributed by atoms with Crippen molar-refractivity contribution >= 4 is 0 Å². The molecular weight excluding hydrogens is 196 g/mol. The molecule has 1 heterocycles. The van der Waals surface area contributed by atoms with Crippen molar-refractivity contribution in [2.75, 3.05) is 0 Å². The fourth-order valence-corrected chi connectivity index (χ4v) is 2.26. The Balaban J connectivity index is 2.69. The highest BCUT2D eigenvalue weighted by Crippen LogP contribution is 2.23. The van der Waals surface area contributed by atoms with Gasteiger partial charge in [-0.1, -0.05) is 32.8 Å². The molecule has 0 saturated heterocycles. The summed E-state index contributed by atoms with van der Waals surface area (Å²) in [7, 11) is 0. The van der Waals surface area contributed by atoms with E-state index < -0.39 is 0 Å². The molecule has 0 saturated carbocycles. The molecule has 0 amide bonds. The predicted molar refractivity (Wildman–Crippen MR) is 69.3 cm³/mol. The molecule has 1 aromatic heterocycles. The molecule has 1 rings (SSSR count). The fraction of sp³-hybridized carbons (Fsp3) is 0.643. The van der Waals surface area contributed by atoms with Crippen molar-refractivity contribution in [2.24, 2.45) is 11.7 Å². The van der Waals surface area contributed by atoms with Crippen LogP contribution in [0.5, 0.6) is 0 Å². The van der Waals surface area contributed by atoms with Crippen LogP contribution in [0.15, 0.2) is 12.1 Å². The molecule has 0 aromatic carbocycles. The maximum absolute atomic E-state index is 6.24. The van der Waals surface area contributed by atoms with Crippen LogP contribution >= 0.6 is 0 Å². The third-order valence-corrected chi connectivity index (χ3v) is 3.10. The van der Waals surface area contributed by atoms with Gasteiger partial charge in [0, 0.05) is 17.4 Å². The highest BCUT2D eigenvalue weighted by molar-refractivity contribution is 5.24. The van der Waals surface area contributed by atoms with E-state index in [9.17, 15) is 0 Å². The van der Waals surface area contributed by atoms with Gasteiger partial charge in [-0.2, -0.15) is 0 Å². The monoisotopic (exact) mass is 220 g/mol. The van der Waals surface area contributed by atoms with Crippen molar-refractivity contribution in [3.05, 3.63) is 29.1 Å². The molecule has 2 nitrogen and oxygen atoms in total. The molecule has 2 atom stereocenters. The zero-order valence-corrected chi connectivity index (χ0v) is 11.0. The van der Waals surface area contributed by atoms with Crippen molar-refractivity contribution in [1.82, 2.24) is 4.98 Å². The lowest BCUT2D eigenvalue weighted by atomic mass is 9.93. The first-order chi connectivity index (χ1) is 7.54. The second-order valence-corrected chi connectivity index (χ2v) is 4.86. The Morgan fingerprint density at radius 3 is 2.56 bits per heavy atom. The molecule has 2 unspecified atom stereocenters. The van der Waals surface area contributed by atoms with Crippen LogP contribution < -0.4 is 5.73 Å². The van der Waals surface area contributed by atoms with Gasteiger partial charge in [0.25, 0.3) is 0 Å². The Hall–Kier alpha value is -0.890. The second-order valence-electron chi connectivity index (χ2n) is 4.86. The van der Waals surface area contributed by atoms with Crippen molar-refractivity contribution in [1.29, 1.82) is 0 Å². The van der Waals surface area contributed by atoms with Crippen molar-refractivity contribution in [2.45, 2.75) is 53.0 Å². The van der Waals surface area contributed by atoms with Gasteiger partial charge in [-0.15, -0.1) is 0 Å². The largest absolute Gasteiger partial charge is 0.324 e. The average Bonchev–Trinajstić information content (AvgIpc) is 2.17. The third kappa shape index (κ3) is 3.60. The molecule has 0 aliphatic rings. The summed E-state index contributed by atoms with van der Waals surface area (Å²) in [6.45, 7) is 8.57. The molecule has 0 fully saturated rings. The molecule has 2 N–H and O–H groups in total. The highest BCUT2D eigenvalue weighted by Gasteiger charge is 2.13. The molecule has 0 aliphatic heterocycles. The Bertz CT molecular complexity index is 334. The lowest BCUT2D eigenvalue weighted by Crippen LogP contribution is -2.16. The van der Waals surface area contributed by atoms with Crippen molar-refractivity contribution in [3.63, 3.8) is 0 Å². The summed E-state index contributed by atoms with van der Waals surface area (Å²) in [6, 6.07) is 4.31. The summed E-state index contributed by atoms with van der Waals surface area (Å²) >= 11 is 0. The minimum absolute atomic E-state index is 0.134. The van der Waals surface area contributed by atoms with E-state index in [0.29, 0.717) is 5.92 Å². The highest BCUT2D eigenvalue weighted by atomic mass is 14.7. The molecule has 2 heteroatoms. The normalized spacial score (nSPS) is 14.8.